The third-order valence-corrected chi connectivity index (χ3v) is 3.70. The first-order valence-corrected chi connectivity index (χ1v) is 7.50. The van der Waals surface area contributed by atoms with Crippen molar-refractivity contribution in [1.82, 2.24) is 0 Å². The van der Waals surface area contributed by atoms with Crippen molar-refractivity contribution in [2.45, 2.75) is 39.5 Å². The first kappa shape index (κ1) is 15.3. The molecule has 0 radical (unpaired) electrons. The fourth-order valence-corrected chi connectivity index (χ4v) is 2.65. The molecule has 0 amide bonds. The van der Waals surface area contributed by atoms with Crippen LogP contribution >= 0.6 is 0 Å². The van der Waals surface area contributed by atoms with Crippen LogP contribution in [-0.4, -0.2) is 11.1 Å². The second kappa shape index (κ2) is 7.07. The van der Waals surface area contributed by atoms with Crippen LogP contribution in [0.5, 0.6) is 0 Å². The third-order valence-electron chi connectivity index (χ3n) is 3.70. The van der Waals surface area contributed by atoms with Crippen molar-refractivity contribution in [3.63, 3.8) is 0 Å². The van der Waals surface area contributed by atoms with Crippen LogP contribution in [-0.2, 0) is 19.3 Å². The van der Waals surface area contributed by atoms with Crippen LogP contribution in [0, 0.1) is 6.92 Å². The van der Waals surface area contributed by atoms with E-state index in [1.54, 1.807) is 6.07 Å². The number of hydrogen-bond donors (Lipinski definition) is 1. The summed E-state index contributed by atoms with van der Waals surface area (Å²) < 4.78 is 0. The van der Waals surface area contributed by atoms with Gasteiger partial charge in [-0.3, -0.25) is 0 Å². The van der Waals surface area contributed by atoms with Crippen molar-refractivity contribution >= 4 is 5.97 Å². The number of aromatic carboxylic acids is 1. The van der Waals surface area contributed by atoms with E-state index in [4.69, 9.17) is 0 Å². The largest absolute Gasteiger partial charge is 0.478 e. The lowest BCUT2D eigenvalue weighted by atomic mass is 9.96. The van der Waals surface area contributed by atoms with E-state index in [0.29, 0.717) is 5.56 Å². The molecule has 1 N–H and O–H groups in total. The van der Waals surface area contributed by atoms with Crippen LogP contribution in [0.25, 0.3) is 0 Å². The first-order valence-electron chi connectivity index (χ1n) is 7.50. The fraction of sp³-hybridized carbons (Fsp3) is 0.316. The van der Waals surface area contributed by atoms with Crippen LogP contribution in [0.2, 0.25) is 0 Å². The second-order valence-electron chi connectivity index (χ2n) is 5.54. The summed E-state index contributed by atoms with van der Waals surface area (Å²) in [5.74, 6) is -0.836. The maximum absolute atomic E-state index is 11.4. The average molecular weight is 282 g/mol. The molecule has 2 aromatic carbocycles. The molecule has 0 bridgehead atoms. The summed E-state index contributed by atoms with van der Waals surface area (Å²) in [4.78, 5) is 11.4. The van der Waals surface area contributed by atoms with E-state index >= 15 is 0 Å². The Morgan fingerprint density at radius 1 is 1.00 bits per heavy atom. The van der Waals surface area contributed by atoms with E-state index in [9.17, 15) is 9.90 Å². The van der Waals surface area contributed by atoms with Gasteiger partial charge >= 0.3 is 5.97 Å². The van der Waals surface area contributed by atoms with Crippen LogP contribution < -0.4 is 0 Å². The molecule has 21 heavy (non-hydrogen) atoms. The number of hydrogen-bond acceptors (Lipinski definition) is 1. The van der Waals surface area contributed by atoms with Gasteiger partial charge in [0, 0.05) is 0 Å². The second-order valence-corrected chi connectivity index (χ2v) is 5.54. The molecular formula is C19H22O2. The number of carboxylic acid groups (broad SMARTS) is 1. The van der Waals surface area contributed by atoms with Crippen molar-refractivity contribution < 1.29 is 9.90 Å². The summed E-state index contributed by atoms with van der Waals surface area (Å²) >= 11 is 0. The lowest BCUT2D eigenvalue weighted by Gasteiger charge is -2.09. The van der Waals surface area contributed by atoms with E-state index in [1.165, 1.54) is 16.7 Å². The van der Waals surface area contributed by atoms with Crippen molar-refractivity contribution in [3.8, 4) is 0 Å². The molecule has 110 valence electrons. The quantitative estimate of drug-likeness (QED) is 0.851. The Kier molecular flexibility index (Phi) is 5.15. The normalized spacial score (nSPS) is 10.6. The van der Waals surface area contributed by atoms with Gasteiger partial charge in [-0.15, -0.1) is 0 Å². The molecule has 0 atom stereocenters. The number of rotatable bonds is 6. The number of benzene rings is 2. The summed E-state index contributed by atoms with van der Waals surface area (Å²) in [6.45, 7) is 4.21. The summed E-state index contributed by atoms with van der Waals surface area (Å²) in [7, 11) is 0. The summed E-state index contributed by atoms with van der Waals surface area (Å²) in [5.41, 5.74) is 5.09. The van der Waals surface area contributed by atoms with Gasteiger partial charge in [0.05, 0.1) is 5.56 Å². The van der Waals surface area contributed by atoms with Gasteiger partial charge in [-0.05, 0) is 48.9 Å². The SMILES string of the molecule is CCCc1ccc(C(=O)O)c(CCc2cccc(C)c2)c1. The number of carbonyl (C=O) groups is 1. The molecule has 0 fully saturated rings. The van der Waals surface area contributed by atoms with Gasteiger partial charge in [-0.2, -0.15) is 0 Å². The summed E-state index contributed by atoms with van der Waals surface area (Å²) in [5, 5.41) is 9.33. The van der Waals surface area contributed by atoms with E-state index in [-0.39, 0.29) is 0 Å². The van der Waals surface area contributed by atoms with Gasteiger partial charge in [-0.1, -0.05) is 55.3 Å². The smallest absolute Gasteiger partial charge is 0.335 e. The summed E-state index contributed by atoms with van der Waals surface area (Å²) in [6.07, 6.45) is 3.71. The molecule has 0 spiro atoms. The van der Waals surface area contributed by atoms with Crippen molar-refractivity contribution in [2.24, 2.45) is 0 Å². The molecule has 2 heteroatoms. The van der Waals surface area contributed by atoms with E-state index in [1.807, 2.05) is 6.07 Å². The minimum atomic E-state index is -0.836. The standard InChI is InChI=1S/C19H22O2/c1-3-5-15-9-11-18(19(20)21)17(13-15)10-8-16-7-4-6-14(2)12-16/h4,6-7,9,11-13H,3,5,8,10H2,1-2H3,(H,20,21). The van der Waals surface area contributed by atoms with E-state index in [2.05, 4.69) is 44.2 Å². The van der Waals surface area contributed by atoms with Gasteiger partial charge < -0.3 is 5.11 Å². The van der Waals surface area contributed by atoms with E-state index < -0.39 is 5.97 Å². The zero-order valence-corrected chi connectivity index (χ0v) is 12.7. The molecule has 0 saturated carbocycles. The highest BCUT2D eigenvalue weighted by atomic mass is 16.4. The molecule has 0 aromatic heterocycles. The van der Waals surface area contributed by atoms with Gasteiger partial charge in [0.2, 0.25) is 0 Å². The van der Waals surface area contributed by atoms with Gasteiger partial charge in [0.25, 0.3) is 0 Å². The van der Waals surface area contributed by atoms with Crippen LogP contribution in [0.4, 0.5) is 0 Å². The Morgan fingerprint density at radius 3 is 2.43 bits per heavy atom. The summed E-state index contributed by atoms with van der Waals surface area (Å²) in [6, 6.07) is 14.1. The molecule has 0 aliphatic carbocycles. The molecule has 0 aliphatic rings. The molecular weight excluding hydrogens is 260 g/mol. The van der Waals surface area contributed by atoms with Crippen LogP contribution in [0.15, 0.2) is 42.5 Å². The maximum atomic E-state index is 11.4. The third kappa shape index (κ3) is 4.19. The molecule has 0 saturated heterocycles. The first-order chi connectivity index (χ1) is 10.1. The van der Waals surface area contributed by atoms with Gasteiger partial charge in [0.15, 0.2) is 0 Å². The highest BCUT2D eigenvalue weighted by Crippen LogP contribution is 2.17. The zero-order valence-electron chi connectivity index (χ0n) is 12.7. The maximum Gasteiger partial charge on any atom is 0.335 e. The predicted molar refractivity (Wildman–Crippen MR) is 86.0 cm³/mol. The Bertz CT molecular complexity index is 629. The lowest BCUT2D eigenvalue weighted by molar-refractivity contribution is 0.0695. The molecule has 2 rings (SSSR count). The number of carboxylic acids is 1. The highest BCUT2D eigenvalue weighted by molar-refractivity contribution is 5.89. The van der Waals surface area contributed by atoms with Crippen LogP contribution in [0.1, 0.15) is 46.0 Å². The lowest BCUT2D eigenvalue weighted by Crippen LogP contribution is -2.05. The minimum absolute atomic E-state index is 0.433. The minimum Gasteiger partial charge on any atom is -0.478 e. The van der Waals surface area contributed by atoms with Gasteiger partial charge in [-0.25, -0.2) is 4.79 Å². The molecule has 0 aliphatic heterocycles. The molecule has 2 aromatic rings. The van der Waals surface area contributed by atoms with E-state index in [0.717, 1.165) is 31.2 Å². The van der Waals surface area contributed by atoms with Crippen molar-refractivity contribution in [1.29, 1.82) is 0 Å². The Labute approximate surface area is 126 Å². The molecule has 0 heterocycles. The monoisotopic (exact) mass is 282 g/mol. The fourth-order valence-electron chi connectivity index (χ4n) is 2.65. The highest BCUT2D eigenvalue weighted by Gasteiger charge is 2.10. The number of aryl methyl sites for hydroxylation is 4. The Hall–Kier alpha value is -2.09. The predicted octanol–water partition coefficient (Wildman–Crippen LogP) is 4.43. The van der Waals surface area contributed by atoms with Crippen molar-refractivity contribution in [3.05, 3.63) is 70.3 Å². The topological polar surface area (TPSA) is 37.3 Å². The van der Waals surface area contributed by atoms with Gasteiger partial charge in [0.1, 0.15) is 0 Å². The molecule has 2 nitrogen and oxygen atoms in total. The zero-order chi connectivity index (χ0) is 15.2. The Balaban J connectivity index is 2.20. The Morgan fingerprint density at radius 2 is 1.76 bits per heavy atom. The van der Waals surface area contributed by atoms with Crippen LogP contribution in [0.3, 0.4) is 0 Å². The van der Waals surface area contributed by atoms with Crippen molar-refractivity contribution in [2.75, 3.05) is 0 Å². The molecule has 0 unspecified atom stereocenters. The average Bonchev–Trinajstić information content (AvgIpc) is 2.45.